The van der Waals surface area contributed by atoms with Crippen LogP contribution in [0.25, 0.3) is 0 Å². The summed E-state index contributed by atoms with van der Waals surface area (Å²) >= 11 is 0. The molecule has 2 atom stereocenters. The first-order chi connectivity index (χ1) is 9.93. The highest BCUT2D eigenvalue weighted by Crippen LogP contribution is 2.22. The third-order valence-electron chi connectivity index (χ3n) is 3.02. The molecule has 0 spiro atoms. The maximum absolute atomic E-state index is 13.9. The van der Waals surface area contributed by atoms with Gasteiger partial charge in [-0.2, -0.15) is 0 Å². The number of aliphatic hydroxyl groups is 1. The first-order valence-corrected chi connectivity index (χ1v) is 7.39. The second-order valence-corrected chi connectivity index (χ2v) is 5.32. The maximum atomic E-state index is 13.9. The average molecular weight is 299 g/mol. The van der Waals surface area contributed by atoms with Gasteiger partial charge in [0.2, 0.25) is 0 Å². The molecule has 0 saturated carbocycles. The molecule has 0 radical (unpaired) electrons. The van der Waals surface area contributed by atoms with Gasteiger partial charge in [-0.3, -0.25) is 0 Å². The molecule has 2 N–H and O–H groups in total. The van der Waals surface area contributed by atoms with Crippen LogP contribution >= 0.6 is 0 Å². The van der Waals surface area contributed by atoms with Crippen LogP contribution in [0.15, 0.2) is 18.2 Å². The molecule has 2 unspecified atom stereocenters. The van der Waals surface area contributed by atoms with Crippen LogP contribution in [0.5, 0.6) is 5.75 Å². The third-order valence-corrected chi connectivity index (χ3v) is 3.02. The topological polar surface area (TPSA) is 50.7 Å². The molecule has 0 aliphatic heterocycles. The Morgan fingerprint density at radius 2 is 1.95 bits per heavy atom. The van der Waals surface area contributed by atoms with Gasteiger partial charge in [-0.1, -0.05) is 13.0 Å². The van der Waals surface area contributed by atoms with Crippen LogP contribution in [0.2, 0.25) is 0 Å². The number of rotatable bonds is 9. The first kappa shape index (κ1) is 17.9. The maximum Gasteiger partial charge on any atom is 0.165 e. The highest BCUT2D eigenvalue weighted by Gasteiger charge is 2.12. The van der Waals surface area contributed by atoms with Gasteiger partial charge in [0.25, 0.3) is 0 Å². The summed E-state index contributed by atoms with van der Waals surface area (Å²) in [5, 5.41) is 12.9. The summed E-state index contributed by atoms with van der Waals surface area (Å²) in [4.78, 5) is 0. The Kier molecular flexibility index (Phi) is 7.64. The van der Waals surface area contributed by atoms with E-state index in [1.165, 1.54) is 6.07 Å². The van der Waals surface area contributed by atoms with Gasteiger partial charge in [0, 0.05) is 6.04 Å². The lowest BCUT2D eigenvalue weighted by molar-refractivity contribution is -0.0127. The van der Waals surface area contributed by atoms with E-state index in [-0.39, 0.29) is 31.1 Å². The number of halogens is 1. The minimum atomic E-state index is -0.771. The first-order valence-electron chi connectivity index (χ1n) is 7.39. The molecule has 0 aliphatic carbocycles. The highest BCUT2D eigenvalue weighted by atomic mass is 19.1. The largest absolute Gasteiger partial charge is 0.488 e. The highest BCUT2D eigenvalue weighted by molar-refractivity contribution is 5.30. The van der Waals surface area contributed by atoms with E-state index < -0.39 is 11.9 Å². The molecule has 5 heteroatoms. The van der Waals surface area contributed by atoms with Gasteiger partial charge in [-0.25, -0.2) is 4.39 Å². The van der Waals surface area contributed by atoms with E-state index >= 15 is 0 Å². The molecule has 120 valence electrons. The molecule has 0 aromatic heterocycles. The van der Waals surface area contributed by atoms with Gasteiger partial charge in [0.05, 0.1) is 12.7 Å². The van der Waals surface area contributed by atoms with E-state index in [2.05, 4.69) is 5.32 Å². The van der Waals surface area contributed by atoms with E-state index in [9.17, 15) is 9.50 Å². The third kappa shape index (κ3) is 6.42. The summed E-state index contributed by atoms with van der Waals surface area (Å²) in [5.74, 6) is -0.278. The van der Waals surface area contributed by atoms with Crippen LogP contribution in [0.3, 0.4) is 0 Å². The van der Waals surface area contributed by atoms with Crippen molar-refractivity contribution >= 4 is 0 Å². The molecular weight excluding hydrogens is 273 g/mol. The van der Waals surface area contributed by atoms with Crippen molar-refractivity contribution in [2.45, 2.75) is 45.9 Å². The molecule has 0 heterocycles. The smallest absolute Gasteiger partial charge is 0.165 e. The predicted octanol–water partition coefficient (Wildman–Crippen LogP) is 2.66. The fourth-order valence-electron chi connectivity index (χ4n) is 1.87. The second kappa shape index (κ2) is 8.97. The van der Waals surface area contributed by atoms with E-state index in [0.717, 1.165) is 12.1 Å². The van der Waals surface area contributed by atoms with E-state index in [1.807, 2.05) is 33.8 Å². The van der Waals surface area contributed by atoms with Gasteiger partial charge < -0.3 is 19.9 Å². The normalized spacial score (nSPS) is 14.2. The van der Waals surface area contributed by atoms with Crippen LogP contribution in [0, 0.1) is 5.82 Å². The van der Waals surface area contributed by atoms with Gasteiger partial charge in [-0.05, 0) is 45.0 Å². The van der Waals surface area contributed by atoms with Crippen LogP contribution in [0.1, 0.15) is 39.3 Å². The molecular formula is C16H26FNO3. The SMILES string of the molecule is CCNC(C)c1ccc(OCC(O)COC(C)C)c(F)c1. The van der Waals surface area contributed by atoms with Crippen LogP contribution in [0.4, 0.5) is 4.39 Å². The minimum absolute atomic E-state index is 0.00570. The fraction of sp³-hybridized carbons (Fsp3) is 0.625. The molecule has 0 fully saturated rings. The summed E-state index contributed by atoms with van der Waals surface area (Å²) in [6.07, 6.45) is -0.726. The lowest BCUT2D eigenvalue weighted by Gasteiger charge is -2.16. The number of ether oxygens (including phenoxy) is 2. The van der Waals surface area contributed by atoms with Crippen molar-refractivity contribution in [1.82, 2.24) is 5.32 Å². The van der Waals surface area contributed by atoms with Crippen LogP contribution in [-0.2, 0) is 4.74 Å². The monoisotopic (exact) mass is 299 g/mol. The summed E-state index contributed by atoms with van der Waals surface area (Å²) in [7, 11) is 0. The number of hydrogen-bond donors (Lipinski definition) is 2. The number of hydrogen-bond acceptors (Lipinski definition) is 4. The minimum Gasteiger partial charge on any atom is -0.488 e. The lowest BCUT2D eigenvalue weighted by atomic mass is 10.1. The molecule has 4 nitrogen and oxygen atoms in total. The number of benzene rings is 1. The fourth-order valence-corrected chi connectivity index (χ4v) is 1.87. The van der Waals surface area contributed by atoms with Crippen LogP contribution in [-0.4, -0.2) is 37.1 Å². The Labute approximate surface area is 126 Å². The standard InChI is InChI=1S/C16H26FNO3/c1-5-18-12(4)13-6-7-16(15(17)8-13)21-10-14(19)9-20-11(2)3/h6-8,11-12,14,18-19H,5,9-10H2,1-4H3. The second-order valence-electron chi connectivity index (χ2n) is 5.32. The summed E-state index contributed by atoms with van der Waals surface area (Å²) in [5.41, 5.74) is 0.866. The molecule has 1 aromatic carbocycles. The Balaban J connectivity index is 2.52. The molecule has 0 amide bonds. The van der Waals surface area contributed by atoms with Crippen molar-refractivity contribution in [2.75, 3.05) is 19.8 Å². The van der Waals surface area contributed by atoms with Crippen molar-refractivity contribution in [3.05, 3.63) is 29.6 Å². The van der Waals surface area contributed by atoms with Gasteiger partial charge in [0.15, 0.2) is 11.6 Å². The van der Waals surface area contributed by atoms with Crippen molar-refractivity contribution in [2.24, 2.45) is 0 Å². The average Bonchev–Trinajstić information content (AvgIpc) is 2.44. The molecule has 1 aromatic rings. The summed E-state index contributed by atoms with van der Waals surface area (Å²) < 4.78 is 24.5. The van der Waals surface area contributed by atoms with Gasteiger partial charge in [-0.15, -0.1) is 0 Å². The van der Waals surface area contributed by atoms with Crippen molar-refractivity contribution in [1.29, 1.82) is 0 Å². The van der Waals surface area contributed by atoms with Crippen LogP contribution < -0.4 is 10.1 Å². The van der Waals surface area contributed by atoms with Crippen molar-refractivity contribution in [3.8, 4) is 5.75 Å². The Bertz CT molecular complexity index is 426. The van der Waals surface area contributed by atoms with E-state index in [1.54, 1.807) is 6.07 Å². The Morgan fingerprint density at radius 3 is 2.52 bits per heavy atom. The Hall–Kier alpha value is -1.17. The quantitative estimate of drug-likeness (QED) is 0.736. The van der Waals surface area contributed by atoms with Crippen molar-refractivity contribution in [3.63, 3.8) is 0 Å². The van der Waals surface area contributed by atoms with E-state index in [0.29, 0.717) is 0 Å². The van der Waals surface area contributed by atoms with Crippen molar-refractivity contribution < 1.29 is 19.0 Å². The molecule has 0 bridgehead atoms. The lowest BCUT2D eigenvalue weighted by Crippen LogP contribution is -2.25. The zero-order chi connectivity index (χ0) is 15.8. The zero-order valence-corrected chi connectivity index (χ0v) is 13.2. The molecule has 0 aliphatic rings. The summed E-state index contributed by atoms with van der Waals surface area (Å²) in [6.45, 7) is 8.76. The predicted molar refractivity (Wildman–Crippen MR) is 81.1 cm³/mol. The molecule has 0 saturated heterocycles. The molecule has 1 rings (SSSR count). The van der Waals surface area contributed by atoms with Gasteiger partial charge in [0.1, 0.15) is 12.7 Å². The molecule has 21 heavy (non-hydrogen) atoms. The van der Waals surface area contributed by atoms with Gasteiger partial charge >= 0.3 is 0 Å². The zero-order valence-electron chi connectivity index (χ0n) is 13.2. The number of aliphatic hydroxyl groups excluding tert-OH is 1. The number of nitrogens with one attached hydrogen (secondary N) is 1. The summed E-state index contributed by atoms with van der Waals surface area (Å²) in [6, 6.07) is 4.96. The Morgan fingerprint density at radius 1 is 1.24 bits per heavy atom. The van der Waals surface area contributed by atoms with E-state index in [4.69, 9.17) is 9.47 Å².